The summed E-state index contributed by atoms with van der Waals surface area (Å²) in [6.07, 6.45) is 2.38. The van der Waals surface area contributed by atoms with E-state index in [4.69, 9.17) is 4.74 Å². The van der Waals surface area contributed by atoms with E-state index in [-0.39, 0.29) is 12.8 Å². The van der Waals surface area contributed by atoms with E-state index in [0.29, 0.717) is 12.5 Å². The molecule has 0 aromatic heterocycles. The lowest BCUT2D eigenvalue weighted by molar-refractivity contribution is -0.0151. The van der Waals surface area contributed by atoms with Crippen LogP contribution in [0.1, 0.15) is 32.1 Å². The Morgan fingerprint density at radius 1 is 0.815 bits per heavy atom. The van der Waals surface area contributed by atoms with Gasteiger partial charge in [-0.05, 0) is 38.0 Å². The Hall–Kier alpha value is -1.66. The molecule has 3 aliphatic rings. The van der Waals surface area contributed by atoms with E-state index >= 15 is 0 Å². The Bertz CT molecular complexity index is 541. The summed E-state index contributed by atoms with van der Waals surface area (Å²) in [5, 5.41) is 38.1. The molecule has 0 bridgehead atoms. The number of rotatable bonds is 8. The van der Waals surface area contributed by atoms with Crippen LogP contribution in [0.3, 0.4) is 0 Å². The summed E-state index contributed by atoms with van der Waals surface area (Å²) in [7, 11) is 0. The van der Waals surface area contributed by atoms with E-state index in [2.05, 4.69) is 0 Å². The molecule has 0 radical (unpaired) electrons. The average molecular weight is 388 g/mol. The van der Waals surface area contributed by atoms with Gasteiger partial charge in [0.25, 0.3) is 0 Å². The van der Waals surface area contributed by atoms with Gasteiger partial charge in [-0.2, -0.15) is 0 Å². The van der Waals surface area contributed by atoms with E-state index in [1.54, 1.807) is 0 Å². The summed E-state index contributed by atoms with van der Waals surface area (Å²) in [6.45, 7) is -1.54. The number of urea groups is 2. The normalized spacial score (nSPS) is 31.3. The molecule has 1 saturated carbocycles. The second-order valence-electron chi connectivity index (χ2n) is 7.20. The van der Waals surface area contributed by atoms with Crippen LogP contribution < -0.4 is 0 Å². The molecular weight excluding hydrogens is 360 g/mol. The number of fused-ring (bicyclic) bond motifs is 1. The number of hydrogen-bond donors (Lipinski definition) is 4. The van der Waals surface area contributed by atoms with Gasteiger partial charge < -0.3 is 25.2 Å². The van der Waals surface area contributed by atoms with Crippen molar-refractivity contribution in [2.24, 2.45) is 5.92 Å². The Morgan fingerprint density at radius 2 is 1.30 bits per heavy atom. The van der Waals surface area contributed by atoms with Crippen LogP contribution in [0.5, 0.6) is 0 Å². The first-order chi connectivity index (χ1) is 13.0. The molecule has 2 aliphatic heterocycles. The van der Waals surface area contributed by atoms with E-state index in [0.717, 1.165) is 46.8 Å². The standard InChI is InChI=1S/C16H28N4O7/c21-7-17-13-14(19(9-23)15(17)25)20(16(26)18(13)8-22)10-27-6-5-11-1-3-12(24)4-2-11/h11-14,21-24H,1-10H2. The van der Waals surface area contributed by atoms with Crippen LogP contribution in [-0.2, 0) is 4.74 Å². The van der Waals surface area contributed by atoms with Crippen molar-refractivity contribution in [3.63, 3.8) is 0 Å². The van der Waals surface area contributed by atoms with E-state index < -0.39 is 44.6 Å². The largest absolute Gasteiger partial charge is 0.393 e. The number of aliphatic hydroxyl groups is 4. The summed E-state index contributed by atoms with van der Waals surface area (Å²) < 4.78 is 5.65. The van der Waals surface area contributed by atoms with Crippen molar-refractivity contribution < 1.29 is 34.8 Å². The van der Waals surface area contributed by atoms with Gasteiger partial charge in [-0.15, -0.1) is 0 Å². The van der Waals surface area contributed by atoms with Gasteiger partial charge in [-0.1, -0.05) is 0 Å². The summed E-state index contributed by atoms with van der Waals surface area (Å²) in [5.74, 6) is 0.483. The number of hydrogen-bond acceptors (Lipinski definition) is 7. The highest BCUT2D eigenvalue weighted by molar-refractivity contribution is 5.84. The van der Waals surface area contributed by atoms with Gasteiger partial charge in [-0.25, -0.2) is 9.59 Å². The minimum absolute atomic E-state index is 0.0884. The number of amides is 4. The van der Waals surface area contributed by atoms with E-state index in [1.165, 1.54) is 4.90 Å². The number of carbonyl (C=O) groups excluding carboxylic acids is 2. The monoisotopic (exact) mass is 388 g/mol. The molecule has 2 unspecified atom stereocenters. The third-order valence-corrected chi connectivity index (χ3v) is 5.70. The topological polar surface area (TPSA) is 137 Å². The molecule has 0 spiro atoms. The lowest BCUT2D eigenvalue weighted by atomic mass is 9.86. The first-order valence-corrected chi connectivity index (χ1v) is 9.26. The van der Waals surface area contributed by atoms with Crippen LogP contribution in [0.15, 0.2) is 0 Å². The van der Waals surface area contributed by atoms with Crippen LogP contribution in [0, 0.1) is 5.92 Å². The maximum absolute atomic E-state index is 12.6. The highest BCUT2D eigenvalue weighted by Gasteiger charge is 2.58. The van der Waals surface area contributed by atoms with Crippen molar-refractivity contribution in [1.29, 1.82) is 0 Å². The van der Waals surface area contributed by atoms with Crippen molar-refractivity contribution >= 4 is 12.1 Å². The molecule has 2 saturated heterocycles. The predicted octanol–water partition coefficient (Wildman–Crippen LogP) is -1.12. The zero-order valence-corrected chi connectivity index (χ0v) is 15.2. The number of ether oxygens (including phenoxy) is 1. The van der Waals surface area contributed by atoms with Crippen LogP contribution in [0.2, 0.25) is 0 Å². The van der Waals surface area contributed by atoms with Gasteiger partial charge in [-0.3, -0.25) is 19.6 Å². The lowest BCUT2D eigenvalue weighted by Gasteiger charge is -2.28. The smallest absolute Gasteiger partial charge is 0.327 e. The van der Waals surface area contributed by atoms with E-state index in [1.807, 2.05) is 0 Å². The van der Waals surface area contributed by atoms with Crippen LogP contribution in [0.25, 0.3) is 0 Å². The number of aliphatic hydroxyl groups excluding tert-OH is 4. The van der Waals surface area contributed by atoms with Gasteiger partial charge in [0.15, 0.2) is 12.3 Å². The third-order valence-electron chi connectivity index (χ3n) is 5.70. The molecule has 3 rings (SSSR count). The molecule has 3 fully saturated rings. The Morgan fingerprint density at radius 3 is 1.81 bits per heavy atom. The van der Waals surface area contributed by atoms with Crippen molar-refractivity contribution in [3.8, 4) is 0 Å². The first kappa shape index (κ1) is 20.1. The highest BCUT2D eigenvalue weighted by Crippen LogP contribution is 2.34. The zero-order valence-electron chi connectivity index (χ0n) is 15.2. The molecule has 154 valence electrons. The van der Waals surface area contributed by atoms with Crippen molar-refractivity contribution in [2.75, 3.05) is 33.5 Å². The maximum Gasteiger partial charge on any atom is 0.327 e. The SMILES string of the molecule is O=C1N(CO)C2C(N1CO)N(COCCC1CCC(O)CC1)C(=O)N2CO. The van der Waals surface area contributed by atoms with Crippen molar-refractivity contribution in [3.05, 3.63) is 0 Å². The van der Waals surface area contributed by atoms with Gasteiger partial charge >= 0.3 is 12.1 Å². The molecule has 4 amide bonds. The number of carbonyl (C=O) groups is 2. The summed E-state index contributed by atoms with van der Waals surface area (Å²) in [5.41, 5.74) is 0. The van der Waals surface area contributed by atoms with Gasteiger partial charge in [0, 0.05) is 6.61 Å². The molecule has 2 atom stereocenters. The third kappa shape index (κ3) is 3.69. The molecule has 27 heavy (non-hydrogen) atoms. The first-order valence-electron chi connectivity index (χ1n) is 9.26. The molecule has 0 aromatic carbocycles. The van der Waals surface area contributed by atoms with Crippen molar-refractivity contribution in [1.82, 2.24) is 19.6 Å². The Balaban J connectivity index is 1.59. The molecule has 0 aromatic rings. The van der Waals surface area contributed by atoms with Crippen LogP contribution >= 0.6 is 0 Å². The fourth-order valence-electron chi connectivity index (χ4n) is 4.17. The van der Waals surface area contributed by atoms with Crippen molar-refractivity contribution in [2.45, 2.75) is 50.5 Å². The average Bonchev–Trinajstić information content (AvgIpc) is 3.09. The minimum Gasteiger partial charge on any atom is -0.393 e. The Labute approximate surface area is 157 Å². The molecule has 4 N–H and O–H groups in total. The number of nitrogens with zero attached hydrogens (tertiary/aromatic N) is 4. The molecular formula is C16H28N4O7. The second-order valence-corrected chi connectivity index (χ2v) is 7.20. The quantitative estimate of drug-likeness (QED) is 0.387. The van der Waals surface area contributed by atoms with Gasteiger partial charge in [0.05, 0.1) is 6.10 Å². The van der Waals surface area contributed by atoms with Crippen LogP contribution in [0.4, 0.5) is 9.59 Å². The van der Waals surface area contributed by atoms with Crippen LogP contribution in [-0.4, -0.2) is 104 Å². The predicted molar refractivity (Wildman–Crippen MR) is 90.4 cm³/mol. The minimum atomic E-state index is -0.893. The second kappa shape index (κ2) is 8.57. The summed E-state index contributed by atoms with van der Waals surface area (Å²) >= 11 is 0. The molecule has 2 heterocycles. The fraction of sp³-hybridized carbons (Fsp3) is 0.875. The maximum atomic E-state index is 12.6. The Kier molecular flexibility index (Phi) is 6.37. The summed E-state index contributed by atoms with van der Waals surface area (Å²) in [4.78, 5) is 29.3. The molecule has 1 aliphatic carbocycles. The van der Waals surface area contributed by atoms with Gasteiger partial charge in [0.1, 0.15) is 26.9 Å². The highest BCUT2D eigenvalue weighted by atomic mass is 16.5. The molecule has 11 nitrogen and oxygen atoms in total. The van der Waals surface area contributed by atoms with Gasteiger partial charge in [0.2, 0.25) is 0 Å². The van der Waals surface area contributed by atoms with E-state index in [9.17, 15) is 30.0 Å². The zero-order chi connectivity index (χ0) is 19.6. The lowest BCUT2D eigenvalue weighted by Crippen LogP contribution is -2.47. The fourth-order valence-corrected chi connectivity index (χ4v) is 4.17. The summed E-state index contributed by atoms with van der Waals surface area (Å²) in [6, 6.07) is -1.15. The molecule has 11 heteroatoms.